The summed E-state index contributed by atoms with van der Waals surface area (Å²) in [4.78, 5) is 0.363. The maximum absolute atomic E-state index is 12.1. The minimum atomic E-state index is -3.21. The van der Waals surface area contributed by atoms with Gasteiger partial charge in [-0.25, -0.2) is 8.42 Å². The number of sulfone groups is 1. The van der Waals surface area contributed by atoms with Gasteiger partial charge in [-0.05, 0) is 25.5 Å². The summed E-state index contributed by atoms with van der Waals surface area (Å²) in [6.07, 6.45) is 0.610. The summed E-state index contributed by atoms with van der Waals surface area (Å²) in [6, 6.07) is 6.98. The highest BCUT2D eigenvalue weighted by molar-refractivity contribution is 7.91. The molecule has 1 rings (SSSR count). The van der Waals surface area contributed by atoms with Gasteiger partial charge in [-0.1, -0.05) is 31.2 Å². The molecule has 0 amide bonds. The maximum atomic E-state index is 12.1. The number of benzene rings is 1. The zero-order valence-electron chi connectivity index (χ0n) is 12.2. The third-order valence-electron chi connectivity index (χ3n) is 2.61. The Kier molecular flexibility index (Phi) is 6.75. The lowest BCUT2D eigenvalue weighted by Crippen LogP contribution is -2.14. The Morgan fingerprint density at radius 1 is 1.35 bits per heavy atom. The van der Waals surface area contributed by atoms with E-state index in [4.69, 9.17) is 4.74 Å². The molecule has 0 bridgehead atoms. The molecule has 0 aliphatic rings. The summed E-state index contributed by atoms with van der Waals surface area (Å²) in [6.45, 7) is 9.11. The van der Waals surface area contributed by atoms with E-state index in [2.05, 4.69) is 11.9 Å². The number of anilines is 1. The fourth-order valence-electron chi connectivity index (χ4n) is 1.77. The molecule has 0 aliphatic heterocycles. The molecule has 112 valence electrons. The van der Waals surface area contributed by atoms with Crippen LogP contribution in [-0.4, -0.2) is 33.9 Å². The highest BCUT2D eigenvalue weighted by Crippen LogP contribution is 2.22. The molecule has 0 atom stereocenters. The van der Waals surface area contributed by atoms with E-state index in [1.807, 2.05) is 19.9 Å². The van der Waals surface area contributed by atoms with Gasteiger partial charge in [0, 0.05) is 6.54 Å². The monoisotopic (exact) mass is 297 g/mol. The van der Waals surface area contributed by atoms with Crippen LogP contribution in [0.2, 0.25) is 0 Å². The number of hydrogen-bond donors (Lipinski definition) is 1. The number of para-hydroxylation sites is 1. The Morgan fingerprint density at radius 2 is 2.05 bits per heavy atom. The minimum absolute atomic E-state index is 0.165. The van der Waals surface area contributed by atoms with Crippen LogP contribution in [0.1, 0.15) is 20.3 Å². The molecule has 1 aromatic rings. The van der Waals surface area contributed by atoms with E-state index in [1.54, 1.807) is 18.2 Å². The SMILES string of the molecule is C=C(C)COCCNc1ccccc1S(=O)(=O)CCC. The molecular weight excluding hydrogens is 274 g/mol. The van der Waals surface area contributed by atoms with Gasteiger partial charge in [0.05, 0.1) is 29.5 Å². The molecule has 0 fully saturated rings. The van der Waals surface area contributed by atoms with E-state index in [9.17, 15) is 8.42 Å². The van der Waals surface area contributed by atoms with Gasteiger partial charge < -0.3 is 10.1 Å². The van der Waals surface area contributed by atoms with E-state index in [-0.39, 0.29) is 5.75 Å². The lowest BCUT2D eigenvalue weighted by Gasteiger charge is -2.12. The molecule has 4 nitrogen and oxygen atoms in total. The van der Waals surface area contributed by atoms with Crippen LogP contribution in [-0.2, 0) is 14.6 Å². The highest BCUT2D eigenvalue weighted by atomic mass is 32.2. The Balaban J connectivity index is 2.65. The van der Waals surface area contributed by atoms with Crippen molar-refractivity contribution < 1.29 is 13.2 Å². The van der Waals surface area contributed by atoms with Crippen LogP contribution in [0.5, 0.6) is 0 Å². The van der Waals surface area contributed by atoms with Crippen LogP contribution in [0.25, 0.3) is 0 Å². The van der Waals surface area contributed by atoms with Crippen molar-refractivity contribution in [1.29, 1.82) is 0 Å². The van der Waals surface area contributed by atoms with Gasteiger partial charge in [-0.2, -0.15) is 0 Å². The molecule has 0 radical (unpaired) electrons. The van der Waals surface area contributed by atoms with Crippen LogP contribution >= 0.6 is 0 Å². The second-order valence-electron chi connectivity index (χ2n) is 4.75. The molecular formula is C15H23NO3S. The highest BCUT2D eigenvalue weighted by Gasteiger charge is 2.16. The first kappa shape index (κ1) is 16.7. The van der Waals surface area contributed by atoms with Crippen LogP contribution < -0.4 is 5.32 Å². The average molecular weight is 297 g/mol. The Bertz CT molecular complexity index is 538. The van der Waals surface area contributed by atoms with E-state index < -0.39 is 9.84 Å². The molecule has 0 unspecified atom stereocenters. The van der Waals surface area contributed by atoms with Crippen molar-refractivity contribution in [3.63, 3.8) is 0 Å². The van der Waals surface area contributed by atoms with Crippen LogP contribution in [0, 0.1) is 0 Å². The standard InChI is InChI=1S/C15H23NO3S/c1-4-11-20(17,18)15-8-6-5-7-14(15)16-9-10-19-12-13(2)3/h5-8,16H,2,4,9-12H2,1,3H3. The van der Waals surface area contributed by atoms with Gasteiger partial charge in [0.15, 0.2) is 9.84 Å². The summed E-state index contributed by atoms with van der Waals surface area (Å²) in [5, 5.41) is 3.12. The maximum Gasteiger partial charge on any atom is 0.180 e. The molecule has 0 saturated carbocycles. The number of hydrogen-bond acceptors (Lipinski definition) is 4. The molecule has 0 aliphatic carbocycles. The Hall–Kier alpha value is -1.33. The first-order chi connectivity index (χ1) is 9.47. The predicted octanol–water partition coefficient (Wildman–Crippen LogP) is 2.87. The van der Waals surface area contributed by atoms with Gasteiger partial charge in [0.1, 0.15) is 0 Å². The van der Waals surface area contributed by atoms with Gasteiger partial charge in [0.2, 0.25) is 0 Å². The second-order valence-corrected chi connectivity index (χ2v) is 6.83. The van der Waals surface area contributed by atoms with E-state index in [1.165, 1.54) is 0 Å². The van der Waals surface area contributed by atoms with Crippen molar-refractivity contribution in [2.24, 2.45) is 0 Å². The summed E-state index contributed by atoms with van der Waals surface area (Å²) < 4.78 is 29.7. The van der Waals surface area contributed by atoms with Gasteiger partial charge in [-0.15, -0.1) is 0 Å². The second kappa shape index (κ2) is 8.07. The van der Waals surface area contributed by atoms with E-state index in [0.29, 0.717) is 36.8 Å². The van der Waals surface area contributed by atoms with Gasteiger partial charge >= 0.3 is 0 Å². The lowest BCUT2D eigenvalue weighted by atomic mass is 10.3. The van der Waals surface area contributed by atoms with Crippen molar-refractivity contribution in [1.82, 2.24) is 0 Å². The zero-order valence-corrected chi connectivity index (χ0v) is 13.0. The molecule has 1 aromatic carbocycles. The third-order valence-corrected chi connectivity index (χ3v) is 4.58. The number of nitrogens with one attached hydrogen (secondary N) is 1. The number of rotatable bonds is 9. The van der Waals surface area contributed by atoms with Crippen molar-refractivity contribution in [3.8, 4) is 0 Å². The molecule has 0 saturated heterocycles. The molecule has 1 N–H and O–H groups in total. The molecule has 20 heavy (non-hydrogen) atoms. The lowest BCUT2D eigenvalue weighted by molar-refractivity contribution is 0.167. The summed E-state index contributed by atoms with van der Waals surface area (Å²) in [7, 11) is -3.21. The largest absolute Gasteiger partial charge is 0.382 e. The topological polar surface area (TPSA) is 55.4 Å². The first-order valence-electron chi connectivity index (χ1n) is 6.75. The van der Waals surface area contributed by atoms with Gasteiger partial charge in [-0.3, -0.25) is 0 Å². The minimum Gasteiger partial charge on any atom is -0.382 e. The smallest absolute Gasteiger partial charge is 0.180 e. The van der Waals surface area contributed by atoms with Gasteiger partial charge in [0.25, 0.3) is 0 Å². The fourth-order valence-corrected chi connectivity index (χ4v) is 3.29. The van der Waals surface area contributed by atoms with Crippen LogP contribution in [0.3, 0.4) is 0 Å². The van der Waals surface area contributed by atoms with E-state index >= 15 is 0 Å². The molecule has 0 aromatic heterocycles. The van der Waals surface area contributed by atoms with Crippen molar-refractivity contribution in [2.75, 3.05) is 30.8 Å². The van der Waals surface area contributed by atoms with Crippen molar-refractivity contribution in [2.45, 2.75) is 25.2 Å². The third kappa shape index (κ3) is 5.35. The number of ether oxygens (including phenoxy) is 1. The summed E-state index contributed by atoms with van der Waals surface area (Å²) >= 11 is 0. The summed E-state index contributed by atoms with van der Waals surface area (Å²) in [5.74, 6) is 0.165. The Morgan fingerprint density at radius 3 is 2.70 bits per heavy atom. The van der Waals surface area contributed by atoms with E-state index in [0.717, 1.165) is 5.57 Å². The zero-order chi connectivity index (χ0) is 15.0. The average Bonchev–Trinajstić information content (AvgIpc) is 2.38. The normalized spacial score (nSPS) is 11.3. The van der Waals surface area contributed by atoms with Crippen molar-refractivity contribution >= 4 is 15.5 Å². The molecule has 0 heterocycles. The van der Waals surface area contributed by atoms with Crippen LogP contribution in [0.4, 0.5) is 5.69 Å². The quantitative estimate of drug-likeness (QED) is 0.562. The van der Waals surface area contributed by atoms with Crippen molar-refractivity contribution in [3.05, 3.63) is 36.4 Å². The first-order valence-corrected chi connectivity index (χ1v) is 8.40. The summed E-state index contributed by atoms with van der Waals surface area (Å²) in [5.41, 5.74) is 1.61. The molecule has 5 heteroatoms. The Labute approximate surface area is 121 Å². The van der Waals surface area contributed by atoms with Crippen LogP contribution in [0.15, 0.2) is 41.3 Å². The predicted molar refractivity (Wildman–Crippen MR) is 82.9 cm³/mol. The fraction of sp³-hybridized carbons (Fsp3) is 0.467. The molecule has 0 spiro atoms.